The molecule has 0 atom stereocenters. The fraction of sp³-hybridized carbons (Fsp3) is 0.462. The first kappa shape index (κ1) is 20.1. The molecule has 0 aliphatic heterocycles. The molecule has 1 aromatic carbocycles. The number of hydrogen-bond donors (Lipinski definition) is 5. The average Bonchev–Trinajstić information content (AvgIpc) is 2.87. The molecule has 1 heterocycles. The lowest BCUT2D eigenvalue weighted by Crippen LogP contribution is -2.33. The smallest absolute Gasteiger partial charge is 0.371 e. The van der Waals surface area contributed by atoms with Crippen LogP contribution >= 0.6 is 15.2 Å². The van der Waals surface area contributed by atoms with Crippen LogP contribution < -0.4 is 4.74 Å². The summed E-state index contributed by atoms with van der Waals surface area (Å²) < 4.78 is 29.5. The monoisotopic (exact) mass is 394 g/mol. The van der Waals surface area contributed by atoms with Crippen LogP contribution in [-0.2, 0) is 15.7 Å². The van der Waals surface area contributed by atoms with E-state index in [4.69, 9.17) is 4.74 Å². The van der Waals surface area contributed by atoms with Gasteiger partial charge < -0.3 is 34.0 Å². The highest BCUT2D eigenvalue weighted by molar-refractivity contribution is 7.72. The van der Waals surface area contributed by atoms with Crippen molar-refractivity contribution in [1.29, 1.82) is 0 Å². The third-order valence-electron chi connectivity index (χ3n) is 3.67. The molecule has 2 rings (SSSR count). The summed E-state index contributed by atoms with van der Waals surface area (Å²) in [6.45, 7) is 1.53. The SMILES string of the molecule is CCCCOc1ccc2c(c1)ncn2CC(O)(P(=O)(O)O)P(=O)(O)O. The van der Waals surface area contributed by atoms with E-state index in [1.165, 1.54) is 6.07 Å². The molecular formula is C13H20N2O8P2. The van der Waals surface area contributed by atoms with Crippen LogP contribution in [0.5, 0.6) is 5.75 Å². The molecule has 10 nitrogen and oxygen atoms in total. The van der Waals surface area contributed by atoms with Crippen molar-refractivity contribution < 1.29 is 38.5 Å². The first-order valence-corrected chi connectivity index (χ1v) is 10.6. The number of fused-ring (bicyclic) bond motifs is 1. The minimum absolute atomic E-state index is 0.336. The van der Waals surface area contributed by atoms with E-state index in [2.05, 4.69) is 4.98 Å². The van der Waals surface area contributed by atoms with E-state index in [-0.39, 0.29) is 0 Å². The number of ether oxygens (including phenoxy) is 1. The second-order valence-corrected chi connectivity index (χ2v) is 9.60. The van der Waals surface area contributed by atoms with Crippen molar-refractivity contribution in [1.82, 2.24) is 9.55 Å². The number of aliphatic hydroxyl groups is 1. The number of hydrogen-bond acceptors (Lipinski definition) is 5. The van der Waals surface area contributed by atoms with Crippen molar-refractivity contribution in [3.8, 4) is 5.75 Å². The molecule has 140 valence electrons. The first-order chi connectivity index (χ1) is 11.5. The van der Waals surface area contributed by atoms with Crippen LogP contribution in [0.15, 0.2) is 24.5 Å². The van der Waals surface area contributed by atoms with Crippen molar-refractivity contribution >= 4 is 26.2 Å². The Morgan fingerprint density at radius 1 is 1.20 bits per heavy atom. The van der Waals surface area contributed by atoms with Gasteiger partial charge in [-0.3, -0.25) is 9.13 Å². The molecule has 0 aliphatic rings. The van der Waals surface area contributed by atoms with Gasteiger partial charge in [-0.1, -0.05) is 13.3 Å². The van der Waals surface area contributed by atoms with Crippen LogP contribution in [0.3, 0.4) is 0 Å². The Morgan fingerprint density at radius 3 is 2.40 bits per heavy atom. The highest BCUT2D eigenvalue weighted by atomic mass is 31.2. The van der Waals surface area contributed by atoms with Crippen LogP contribution in [0.4, 0.5) is 0 Å². The van der Waals surface area contributed by atoms with Gasteiger partial charge >= 0.3 is 15.2 Å². The summed E-state index contributed by atoms with van der Waals surface area (Å²) in [6.07, 6.45) is 2.99. The molecule has 0 bridgehead atoms. The third kappa shape index (κ3) is 4.12. The molecule has 2 aromatic rings. The van der Waals surface area contributed by atoms with Crippen molar-refractivity contribution in [2.75, 3.05) is 6.61 Å². The molecule has 5 N–H and O–H groups in total. The van der Waals surface area contributed by atoms with Gasteiger partial charge in [0.05, 0.1) is 30.5 Å². The fourth-order valence-electron chi connectivity index (χ4n) is 2.18. The molecule has 25 heavy (non-hydrogen) atoms. The number of imidazole rings is 1. The summed E-state index contributed by atoms with van der Waals surface area (Å²) in [7, 11) is -11.1. The summed E-state index contributed by atoms with van der Waals surface area (Å²) in [6, 6.07) is 4.73. The molecular weight excluding hydrogens is 374 g/mol. The van der Waals surface area contributed by atoms with Gasteiger partial charge in [0.15, 0.2) is 0 Å². The molecule has 1 aromatic heterocycles. The highest BCUT2D eigenvalue weighted by Crippen LogP contribution is 2.68. The van der Waals surface area contributed by atoms with Gasteiger partial charge in [-0.15, -0.1) is 0 Å². The van der Waals surface area contributed by atoms with E-state index >= 15 is 0 Å². The number of benzene rings is 1. The van der Waals surface area contributed by atoms with Crippen LogP contribution in [0.2, 0.25) is 0 Å². The number of nitrogens with zero attached hydrogens (tertiary/aromatic N) is 2. The van der Waals surface area contributed by atoms with Crippen LogP contribution in [0.1, 0.15) is 19.8 Å². The predicted octanol–water partition coefficient (Wildman–Crippen LogP) is 1.22. The molecule has 0 spiro atoms. The normalized spacial score (nSPS) is 13.4. The number of aromatic nitrogens is 2. The topological polar surface area (TPSA) is 162 Å². The van der Waals surface area contributed by atoms with Gasteiger partial charge in [-0.25, -0.2) is 4.98 Å². The van der Waals surface area contributed by atoms with E-state index in [9.17, 15) is 33.8 Å². The van der Waals surface area contributed by atoms with Gasteiger partial charge in [0, 0.05) is 6.07 Å². The zero-order chi connectivity index (χ0) is 18.9. The minimum atomic E-state index is -5.54. The molecule has 12 heteroatoms. The maximum Gasteiger partial charge on any atom is 0.371 e. The Kier molecular flexibility index (Phi) is 5.75. The molecule has 0 saturated carbocycles. The number of unbranched alkanes of at least 4 members (excludes halogenated alkanes) is 1. The zero-order valence-electron chi connectivity index (χ0n) is 13.4. The molecule has 0 saturated heterocycles. The Bertz CT molecular complexity index is 818. The van der Waals surface area contributed by atoms with Gasteiger partial charge in [0.1, 0.15) is 5.75 Å². The maximum absolute atomic E-state index is 11.5. The van der Waals surface area contributed by atoms with Crippen LogP contribution in [0, 0.1) is 0 Å². The van der Waals surface area contributed by atoms with E-state index in [0.717, 1.165) is 23.7 Å². The fourth-order valence-corrected chi connectivity index (χ4v) is 4.21. The standard InChI is InChI=1S/C13H20N2O8P2/c1-2-3-6-23-10-4-5-12-11(7-10)14-9-15(12)8-13(16,24(17,18)19)25(20,21)22/h4-5,7,9,16H,2-3,6,8H2,1H3,(H2,17,18,19)(H2,20,21,22). The number of rotatable bonds is 8. The lowest BCUT2D eigenvalue weighted by molar-refractivity contribution is 0.116. The highest BCUT2D eigenvalue weighted by Gasteiger charge is 2.59. The predicted molar refractivity (Wildman–Crippen MR) is 89.2 cm³/mol. The van der Waals surface area contributed by atoms with Gasteiger partial charge in [-0.05, 0) is 18.6 Å². The van der Waals surface area contributed by atoms with Crippen molar-refractivity contribution in [3.05, 3.63) is 24.5 Å². The van der Waals surface area contributed by atoms with Crippen molar-refractivity contribution in [2.45, 2.75) is 31.4 Å². The Labute approximate surface area is 143 Å². The summed E-state index contributed by atoms with van der Waals surface area (Å²) in [5.41, 5.74) is 0.732. The lowest BCUT2D eigenvalue weighted by atomic mass is 10.3. The summed E-state index contributed by atoms with van der Waals surface area (Å²) in [5, 5.41) is 6.48. The van der Waals surface area contributed by atoms with E-state index < -0.39 is 26.8 Å². The van der Waals surface area contributed by atoms with E-state index in [1.807, 2.05) is 6.92 Å². The molecule has 0 amide bonds. The Balaban J connectivity index is 2.35. The molecule has 0 unspecified atom stereocenters. The molecule has 0 aliphatic carbocycles. The molecule has 0 radical (unpaired) electrons. The van der Waals surface area contributed by atoms with Crippen LogP contribution in [-0.4, -0.2) is 45.9 Å². The average molecular weight is 394 g/mol. The largest absolute Gasteiger partial charge is 0.494 e. The summed E-state index contributed by atoms with van der Waals surface area (Å²) >= 11 is 0. The van der Waals surface area contributed by atoms with Crippen molar-refractivity contribution in [2.24, 2.45) is 0 Å². The van der Waals surface area contributed by atoms with Crippen LogP contribution in [0.25, 0.3) is 11.0 Å². The van der Waals surface area contributed by atoms with Gasteiger partial charge in [0.2, 0.25) is 0 Å². The molecule has 0 fully saturated rings. The van der Waals surface area contributed by atoms with Gasteiger partial charge in [-0.2, -0.15) is 0 Å². The van der Waals surface area contributed by atoms with E-state index in [0.29, 0.717) is 23.4 Å². The maximum atomic E-state index is 11.5. The minimum Gasteiger partial charge on any atom is -0.494 e. The van der Waals surface area contributed by atoms with Crippen molar-refractivity contribution in [3.63, 3.8) is 0 Å². The first-order valence-electron chi connectivity index (χ1n) is 7.41. The Hall–Kier alpha value is -1.25. The lowest BCUT2D eigenvalue weighted by Gasteiger charge is -2.29. The zero-order valence-corrected chi connectivity index (χ0v) is 15.2. The third-order valence-corrected chi connectivity index (χ3v) is 7.39. The van der Waals surface area contributed by atoms with E-state index in [1.54, 1.807) is 12.1 Å². The summed E-state index contributed by atoms with van der Waals surface area (Å²) in [4.78, 5) is 40.9. The quantitative estimate of drug-likeness (QED) is 0.327. The second-order valence-electron chi connectivity index (χ2n) is 5.59. The second kappa shape index (κ2) is 7.17. The van der Waals surface area contributed by atoms with Gasteiger partial charge in [0.25, 0.3) is 5.08 Å². The summed E-state index contributed by atoms with van der Waals surface area (Å²) in [5.74, 6) is 0.548. The Morgan fingerprint density at radius 2 is 1.84 bits per heavy atom.